The number of ether oxygens (including phenoxy) is 2. The summed E-state index contributed by atoms with van der Waals surface area (Å²) in [6.45, 7) is 4.29. The van der Waals surface area contributed by atoms with Crippen molar-refractivity contribution < 1.29 is 19.4 Å². The van der Waals surface area contributed by atoms with Gasteiger partial charge >= 0.3 is 6.16 Å². The minimum atomic E-state index is -0.584. The van der Waals surface area contributed by atoms with Gasteiger partial charge in [-0.15, -0.1) is 0 Å². The lowest BCUT2D eigenvalue weighted by Gasteiger charge is -2.21. The van der Waals surface area contributed by atoms with Crippen LogP contribution in [-0.2, 0) is 9.47 Å². The van der Waals surface area contributed by atoms with E-state index in [0.717, 1.165) is 12.8 Å². The molecule has 4 nitrogen and oxygen atoms in total. The van der Waals surface area contributed by atoms with Crippen LogP contribution in [0.1, 0.15) is 33.1 Å². The van der Waals surface area contributed by atoms with Gasteiger partial charge in [-0.2, -0.15) is 0 Å². The van der Waals surface area contributed by atoms with Crippen LogP contribution in [0.4, 0.5) is 4.79 Å². The Hall–Kier alpha value is -0.770. The second-order valence-electron chi connectivity index (χ2n) is 3.68. The van der Waals surface area contributed by atoms with E-state index in [0.29, 0.717) is 13.0 Å². The molecule has 1 rings (SSSR count). The van der Waals surface area contributed by atoms with Gasteiger partial charge in [-0.1, -0.05) is 13.8 Å². The standard InChI is InChI=1S/C10H18O4/c1-3-7(5-8(11)4-2)9-6-13-10(12)14-9/h7-9,11H,3-6H2,1-2H3. The van der Waals surface area contributed by atoms with Crippen molar-refractivity contribution in [2.45, 2.75) is 45.3 Å². The zero-order valence-corrected chi connectivity index (χ0v) is 8.73. The topological polar surface area (TPSA) is 55.8 Å². The maximum atomic E-state index is 10.7. The van der Waals surface area contributed by atoms with Crippen molar-refractivity contribution >= 4 is 6.16 Å². The molecule has 1 N–H and O–H groups in total. The van der Waals surface area contributed by atoms with E-state index in [4.69, 9.17) is 9.47 Å². The third-order valence-corrected chi connectivity index (χ3v) is 2.71. The fourth-order valence-electron chi connectivity index (χ4n) is 1.67. The normalized spacial score (nSPS) is 25.4. The Morgan fingerprint density at radius 2 is 2.21 bits per heavy atom. The third kappa shape index (κ3) is 2.87. The molecule has 82 valence electrons. The van der Waals surface area contributed by atoms with Crippen molar-refractivity contribution in [2.75, 3.05) is 6.61 Å². The number of aliphatic hydroxyl groups excluding tert-OH is 1. The molecule has 3 atom stereocenters. The van der Waals surface area contributed by atoms with E-state index in [1.807, 2.05) is 13.8 Å². The van der Waals surface area contributed by atoms with E-state index in [2.05, 4.69) is 0 Å². The molecule has 1 fully saturated rings. The highest BCUT2D eigenvalue weighted by Crippen LogP contribution is 2.23. The molecular weight excluding hydrogens is 184 g/mol. The molecule has 0 amide bonds. The van der Waals surface area contributed by atoms with Gasteiger partial charge in [-0.3, -0.25) is 0 Å². The van der Waals surface area contributed by atoms with E-state index in [-0.39, 0.29) is 18.1 Å². The Balaban J connectivity index is 2.41. The molecule has 0 saturated carbocycles. The largest absolute Gasteiger partial charge is 0.508 e. The minimum absolute atomic E-state index is 0.173. The van der Waals surface area contributed by atoms with E-state index >= 15 is 0 Å². The molecule has 1 aliphatic rings. The quantitative estimate of drug-likeness (QED) is 0.689. The Labute approximate surface area is 84.2 Å². The smallest absolute Gasteiger partial charge is 0.430 e. The van der Waals surface area contributed by atoms with E-state index in [9.17, 15) is 9.90 Å². The van der Waals surface area contributed by atoms with Gasteiger partial charge in [0.1, 0.15) is 12.7 Å². The van der Waals surface area contributed by atoms with Crippen LogP contribution < -0.4 is 0 Å². The lowest BCUT2D eigenvalue weighted by atomic mass is 9.92. The van der Waals surface area contributed by atoms with Crippen molar-refractivity contribution in [1.29, 1.82) is 0 Å². The highest BCUT2D eigenvalue weighted by Gasteiger charge is 2.32. The first-order valence-corrected chi connectivity index (χ1v) is 5.18. The van der Waals surface area contributed by atoms with Crippen LogP contribution in [0.2, 0.25) is 0 Å². The summed E-state index contributed by atoms with van der Waals surface area (Å²) in [4.78, 5) is 10.7. The number of carbonyl (C=O) groups is 1. The summed E-state index contributed by atoms with van der Waals surface area (Å²) in [7, 11) is 0. The molecule has 0 bridgehead atoms. The van der Waals surface area contributed by atoms with Crippen molar-refractivity contribution in [2.24, 2.45) is 5.92 Å². The molecule has 0 aromatic heterocycles. The summed E-state index contributed by atoms with van der Waals surface area (Å²) in [5.41, 5.74) is 0. The van der Waals surface area contributed by atoms with Gasteiger partial charge in [-0.05, 0) is 19.3 Å². The minimum Gasteiger partial charge on any atom is -0.430 e. The Bertz CT molecular complexity index is 193. The second-order valence-corrected chi connectivity index (χ2v) is 3.68. The average Bonchev–Trinajstić information content (AvgIpc) is 2.60. The Kier molecular flexibility index (Phi) is 4.20. The molecular formula is C10H18O4. The predicted molar refractivity (Wildman–Crippen MR) is 50.9 cm³/mol. The SMILES string of the molecule is CCC(O)CC(CC)C1COC(=O)O1. The number of rotatable bonds is 5. The van der Waals surface area contributed by atoms with Crippen LogP contribution in [0.3, 0.4) is 0 Å². The summed E-state index contributed by atoms with van der Waals surface area (Å²) in [6, 6.07) is 0. The molecule has 3 unspecified atom stereocenters. The zero-order chi connectivity index (χ0) is 10.6. The van der Waals surface area contributed by atoms with Crippen LogP contribution in [0.15, 0.2) is 0 Å². The number of cyclic esters (lactones) is 2. The van der Waals surface area contributed by atoms with Crippen molar-refractivity contribution in [1.82, 2.24) is 0 Å². The number of aliphatic hydroxyl groups is 1. The molecule has 0 aromatic rings. The van der Waals surface area contributed by atoms with E-state index < -0.39 is 6.16 Å². The highest BCUT2D eigenvalue weighted by molar-refractivity contribution is 5.61. The van der Waals surface area contributed by atoms with Gasteiger partial charge in [0.05, 0.1) is 6.10 Å². The van der Waals surface area contributed by atoms with Gasteiger partial charge in [0, 0.05) is 5.92 Å². The monoisotopic (exact) mass is 202 g/mol. The third-order valence-electron chi connectivity index (χ3n) is 2.71. The molecule has 0 aliphatic carbocycles. The lowest BCUT2D eigenvalue weighted by molar-refractivity contribution is 0.0647. The van der Waals surface area contributed by atoms with Crippen molar-refractivity contribution in [3.63, 3.8) is 0 Å². The van der Waals surface area contributed by atoms with Crippen molar-refractivity contribution in [3.05, 3.63) is 0 Å². The fourth-order valence-corrected chi connectivity index (χ4v) is 1.67. The Morgan fingerprint density at radius 1 is 1.50 bits per heavy atom. The Morgan fingerprint density at radius 3 is 2.64 bits per heavy atom. The molecule has 1 saturated heterocycles. The summed E-state index contributed by atoms with van der Waals surface area (Å²) < 4.78 is 9.71. The molecule has 0 spiro atoms. The van der Waals surface area contributed by atoms with Gasteiger partial charge in [-0.25, -0.2) is 4.79 Å². The first kappa shape index (κ1) is 11.3. The van der Waals surface area contributed by atoms with Crippen LogP contribution >= 0.6 is 0 Å². The molecule has 4 heteroatoms. The summed E-state index contributed by atoms with van der Waals surface area (Å²) >= 11 is 0. The molecule has 14 heavy (non-hydrogen) atoms. The molecule has 0 radical (unpaired) electrons. The summed E-state index contributed by atoms with van der Waals surface area (Å²) in [5, 5.41) is 9.50. The maximum absolute atomic E-state index is 10.7. The zero-order valence-electron chi connectivity index (χ0n) is 8.73. The van der Waals surface area contributed by atoms with Crippen LogP contribution in [0.25, 0.3) is 0 Å². The summed E-state index contributed by atoms with van der Waals surface area (Å²) in [5.74, 6) is 0.205. The number of hydrogen-bond acceptors (Lipinski definition) is 4. The average molecular weight is 202 g/mol. The van der Waals surface area contributed by atoms with E-state index in [1.54, 1.807) is 0 Å². The molecule has 1 heterocycles. The summed E-state index contributed by atoms with van der Waals surface area (Å²) in [6.07, 6.45) is 1.23. The van der Waals surface area contributed by atoms with Gasteiger partial charge in [0.15, 0.2) is 0 Å². The van der Waals surface area contributed by atoms with Gasteiger partial charge in [0.2, 0.25) is 0 Å². The maximum Gasteiger partial charge on any atom is 0.508 e. The lowest BCUT2D eigenvalue weighted by Crippen LogP contribution is -2.26. The number of carbonyl (C=O) groups excluding carboxylic acids is 1. The van der Waals surface area contributed by atoms with Gasteiger partial charge in [0.25, 0.3) is 0 Å². The van der Waals surface area contributed by atoms with Gasteiger partial charge < -0.3 is 14.6 Å². The first-order chi connectivity index (χ1) is 6.67. The molecule has 1 aliphatic heterocycles. The van der Waals surface area contributed by atoms with E-state index in [1.165, 1.54) is 0 Å². The highest BCUT2D eigenvalue weighted by atomic mass is 16.8. The second kappa shape index (κ2) is 5.20. The van der Waals surface area contributed by atoms with Crippen LogP contribution in [-0.4, -0.2) is 30.1 Å². The number of hydrogen-bond donors (Lipinski definition) is 1. The van der Waals surface area contributed by atoms with Crippen LogP contribution in [0, 0.1) is 5.92 Å². The predicted octanol–water partition coefficient (Wildman–Crippen LogP) is 1.71. The first-order valence-electron chi connectivity index (χ1n) is 5.18. The van der Waals surface area contributed by atoms with Crippen LogP contribution in [0.5, 0.6) is 0 Å². The van der Waals surface area contributed by atoms with Crippen molar-refractivity contribution in [3.8, 4) is 0 Å². The fraction of sp³-hybridized carbons (Fsp3) is 0.900. The molecule has 0 aromatic carbocycles.